The summed E-state index contributed by atoms with van der Waals surface area (Å²) in [5.74, 6) is 0. The lowest BCUT2D eigenvalue weighted by Crippen LogP contribution is -2.06. The molecule has 0 fully saturated rings. The van der Waals surface area contributed by atoms with E-state index in [9.17, 15) is 18.5 Å². The molecule has 1 aromatic rings. The molecule has 0 aromatic heterocycles. The van der Waals surface area contributed by atoms with Gasteiger partial charge in [0.2, 0.25) is 6.54 Å². The zero-order valence-corrected chi connectivity index (χ0v) is 7.77. The molecule has 0 spiro atoms. The second-order valence-electron chi connectivity index (χ2n) is 2.57. The Hall–Kier alpha value is -1.47. The molecular formula is C7H7NO5S. The van der Waals surface area contributed by atoms with Gasteiger partial charge in [-0.2, -0.15) is 8.42 Å². The van der Waals surface area contributed by atoms with Crippen LogP contribution in [0.2, 0.25) is 0 Å². The van der Waals surface area contributed by atoms with Crippen LogP contribution in [0.3, 0.4) is 0 Å². The van der Waals surface area contributed by atoms with Crippen LogP contribution >= 0.6 is 0 Å². The third-order valence-corrected chi connectivity index (χ3v) is 2.50. The maximum absolute atomic E-state index is 10.8. The molecule has 0 aliphatic carbocycles. The van der Waals surface area contributed by atoms with E-state index in [2.05, 4.69) is 0 Å². The van der Waals surface area contributed by atoms with Gasteiger partial charge in [-0.25, -0.2) is 0 Å². The van der Waals surface area contributed by atoms with Crippen molar-refractivity contribution in [1.29, 1.82) is 0 Å². The fourth-order valence-corrected chi connectivity index (χ4v) is 1.74. The lowest BCUT2D eigenvalue weighted by atomic mass is 10.2. The Morgan fingerprint density at radius 1 is 1.36 bits per heavy atom. The van der Waals surface area contributed by atoms with E-state index in [4.69, 9.17) is 4.55 Å². The van der Waals surface area contributed by atoms with Crippen molar-refractivity contribution >= 4 is 10.1 Å². The van der Waals surface area contributed by atoms with Gasteiger partial charge < -0.3 is 0 Å². The van der Waals surface area contributed by atoms with Crippen LogP contribution in [0.1, 0.15) is 5.56 Å². The maximum Gasteiger partial charge on any atom is 0.295 e. The van der Waals surface area contributed by atoms with Gasteiger partial charge in [0.05, 0.1) is 0 Å². The quantitative estimate of drug-likeness (QED) is 0.456. The van der Waals surface area contributed by atoms with Crippen LogP contribution in [0, 0.1) is 10.1 Å². The summed E-state index contributed by atoms with van der Waals surface area (Å²) >= 11 is 0. The number of benzene rings is 1. The normalized spacial score (nSPS) is 11.2. The average molecular weight is 217 g/mol. The van der Waals surface area contributed by atoms with Crippen LogP contribution in [0.5, 0.6) is 0 Å². The van der Waals surface area contributed by atoms with Gasteiger partial charge in [-0.15, -0.1) is 0 Å². The lowest BCUT2D eigenvalue weighted by molar-refractivity contribution is -0.497. The highest BCUT2D eigenvalue weighted by atomic mass is 32.2. The van der Waals surface area contributed by atoms with E-state index in [1.54, 1.807) is 0 Å². The Morgan fingerprint density at radius 3 is 2.43 bits per heavy atom. The Morgan fingerprint density at radius 2 is 1.93 bits per heavy atom. The SMILES string of the molecule is O=[N+]([O-])Cc1ccccc1S(=O)(=O)O. The molecular weight excluding hydrogens is 210 g/mol. The Balaban J connectivity index is 3.23. The minimum absolute atomic E-state index is 0.0278. The predicted octanol–water partition coefficient (Wildman–Crippen LogP) is 0.710. The second kappa shape index (κ2) is 3.72. The van der Waals surface area contributed by atoms with Gasteiger partial charge in [0, 0.05) is 10.5 Å². The summed E-state index contributed by atoms with van der Waals surface area (Å²) in [5.41, 5.74) is -0.0278. The van der Waals surface area contributed by atoms with Gasteiger partial charge in [-0.1, -0.05) is 18.2 Å². The molecule has 0 saturated carbocycles. The molecule has 0 atom stereocenters. The van der Waals surface area contributed by atoms with E-state index in [-0.39, 0.29) is 5.56 Å². The molecule has 1 N–H and O–H groups in total. The minimum Gasteiger partial charge on any atom is -0.282 e. The predicted molar refractivity (Wildman–Crippen MR) is 47.0 cm³/mol. The average Bonchev–Trinajstić information content (AvgIpc) is 2.01. The van der Waals surface area contributed by atoms with Crippen LogP contribution < -0.4 is 0 Å². The van der Waals surface area contributed by atoms with Gasteiger partial charge in [-0.3, -0.25) is 14.7 Å². The minimum atomic E-state index is -4.38. The molecule has 1 aromatic carbocycles. The summed E-state index contributed by atoms with van der Waals surface area (Å²) in [4.78, 5) is 9.09. The molecule has 0 heterocycles. The molecule has 0 radical (unpaired) electrons. The van der Waals surface area contributed by atoms with Gasteiger partial charge >= 0.3 is 0 Å². The number of rotatable bonds is 3. The highest BCUT2D eigenvalue weighted by molar-refractivity contribution is 7.85. The topological polar surface area (TPSA) is 97.5 Å². The second-order valence-corrected chi connectivity index (χ2v) is 3.96. The smallest absolute Gasteiger partial charge is 0.282 e. The summed E-state index contributed by atoms with van der Waals surface area (Å²) in [5, 5.41) is 10.2. The molecule has 7 heteroatoms. The molecule has 0 amide bonds. The molecule has 0 unspecified atom stereocenters. The van der Waals surface area contributed by atoms with Crippen molar-refractivity contribution in [3.63, 3.8) is 0 Å². The van der Waals surface area contributed by atoms with Crippen molar-refractivity contribution in [3.05, 3.63) is 39.9 Å². The fraction of sp³-hybridized carbons (Fsp3) is 0.143. The van der Waals surface area contributed by atoms with Crippen molar-refractivity contribution in [2.45, 2.75) is 11.4 Å². The van der Waals surface area contributed by atoms with Crippen molar-refractivity contribution in [1.82, 2.24) is 0 Å². The number of hydrogen-bond acceptors (Lipinski definition) is 4. The van der Waals surface area contributed by atoms with Crippen LogP contribution in [0.25, 0.3) is 0 Å². The zero-order valence-electron chi connectivity index (χ0n) is 6.95. The first-order chi connectivity index (χ1) is 6.41. The van der Waals surface area contributed by atoms with Crippen LogP contribution in [-0.4, -0.2) is 17.9 Å². The van der Waals surface area contributed by atoms with Gasteiger partial charge in [0.1, 0.15) is 4.90 Å². The molecule has 0 saturated heterocycles. The van der Waals surface area contributed by atoms with Crippen molar-refractivity contribution in [2.75, 3.05) is 0 Å². The van der Waals surface area contributed by atoms with Crippen molar-refractivity contribution in [3.8, 4) is 0 Å². The monoisotopic (exact) mass is 217 g/mol. The number of nitro groups is 1. The third kappa shape index (κ3) is 2.51. The highest BCUT2D eigenvalue weighted by Crippen LogP contribution is 2.15. The third-order valence-electron chi connectivity index (χ3n) is 1.55. The van der Waals surface area contributed by atoms with E-state index in [0.29, 0.717) is 0 Å². The molecule has 0 aliphatic heterocycles. The van der Waals surface area contributed by atoms with Crippen molar-refractivity contribution < 1.29 is 17.9 Å². The van der Waals surface area contributed by atoms with E-state index in [1.165, 1.54) is 18.2 Å². The van der Waals surface area contributed by atoms with E-state index in [0.717, 1.165) is 6.07 Å². The molecule has 6 nitrogen and oxygen atoms in total. The largest absolute Gasteiger partial charge is 0.295 e. The first-order valence-corrected chi connectivity index (χ1v) is 5.02. The summed E-state index contributed by atoms with van der Waals surface area (Å²) in [6.45, 7) is -0.629. The summed E-state index contributed by atoms with van der Waals surface area (Å²) < 4.78 is 30.3. The van der Waals surface area contributed by atoms with E-state index >= 15 is 0 Å². The zero-order chi connectivity index (χ0) is 10.8. The summed E-state index contributed by atoms with van der Waals surface area (Å²) in [6, 6.07) is 5.25. The first-order valence-electron chi connectivity index (χ1n) is 3.58. The molecule has 0 bridgehead atoms. The van der Waals surface area contributed by atoms with Crippen LogP contribution in [0.4, 0.5) is 0 Å². The Bertz CT molecular complexity index is 453. The standard InChI is InChI=1S/C7H7NO5S/c9-8(10)5-6-3-1-2-4-7(6)14(11,12)13/h1-4H,5H2,(H,11,12,13). The molecule has 76 valence electrons. The van der Waals surface area contributed by atoms with E-state index in [1.807, 2.05) is 0 Å². The Kier molecular flexibility index (Phi) is 2.82. The van der Waals surface area contributed by atoms with Gasteiger partial charge in [-0.05, 0) is 6.07 Å². The van der Waals surface area contributed by atoms with E-state index < -0.39 is 26.5 Å². The molecule has 0 aliphatic rings. The Labute approximate surface area is 80.1 Å². The number of hydrogen-bond donors (Lipinski definition) is 1. The summed E-state index contributed by atoms with van der Waals surface area (Å²) in [7, 11) is -4.38. The molecule has 14 heavy (non-hydrogen) atoms. The van der Waals surface area contributed by atoms with Crippen LogP contribution in [-0.2, 0) is 16.7 Å². The first kappa shape index (κ1) is 10.6. The lowest BCUT2D eigenvalue weighted by Gasteiger charge is -2.01. The maximum atomic E-state index is 10.8. The summed E-state index contributed by atoms with van der Waals surface area (Å²) in [6.07, 6.45) is 0. The van der Waals surface area contributed by atoms with Crippen LogP contribution in [0.15, 0.2) is 29.2 Å². The highest BCUT2D eigenvalue weighted by Gasteiger charge is 2.17. The fourth-order valence-electron chi connectivity index (χ4n) is 1.03. The number of nitrogens with zero attached hydrogens (tertiary/aromatic N) is 1. The molecule has 1 rings (SSSR count). The van der Waals surface area contributed by atoms with Crippen molar-refractivity contribution in [2.24, 2.45) is 0 Å². The van der Waals surface area contributed by atoms with Gasteiger partial charge in [0.25, 0.3) is 10.1 Å². The van der Waals surface area contributed by atoms with Gasteiger partial charge in [0.15, 0.2) is 0 Å².